The Morgan fingerprint density at radius 2 is 2.08 bits per heavy atom. The van der Waals surface area contributed by atoms with E-state index in [-0.39, 0.29) is 17.9 Å². The van der Waals surface area contributed by atoms with E-state index in [9.17, 15) is 9.59 Å². The highest BCUT2D eigenvalue weighted by Crippen LogP contribution is 2.24. The van der Waals surface area contributed by atoms with Crippen LogP contribution in [0.25, 0.3) is 11.3 Å². The van der Waals surface area contributed by atoms with Gasteiger partial charge in [-0.1, -0.05) is 17.3 Å². The van der Waals surface area contributed by atoms with E-state index in [4.69, 9.17) is 14.0 Å². The molecule has 2 heterocycles. The first kappa shape index (κ1) is 16.4. The van der Waals surface area contributed by atoms with E-state index in [0.717, 1.165) is 10.2 Å². The number of aromatic nitrogens is 3. The molecule has 0 radical (unpaired) electrons. The molecule has 2 aromatic heterocycles. The summed E-state index contributed by atoms with van der Waals surface area (Å²) in [4.78, 5) is 23.2. The standard InChI is InChI=1S/C17H15N3O5/c1-20-16(21)7-6-14(18-20)17(22)24-10-12-9-15(25-19-12)11-4-3-5-13(8-11)23-2/h3-9H,10H2,1-2H3. The molecule has 0 aliphatic carbocycles. The Morgan fingerprint density at radius 3 is 2.84 bits per heavy atom. The summed E-state index contributed by atoms with van der Waals surface area (Å²) in [5, 5.41) is 7.71. The Balaban J connectivity index is 1.68. The average molecular weight is 341 g/mol. The first-order chi connectivity index (χ1) is 12.1. The second kappa shape index (κ2) is 7.00. The molecular formula is C17H15N3O5. The van der Waals surface area contributed by atoms with Crippen LogP contribution in [0, 0.1) is 0 Å². The van der Waals surface area contributed by atoms with Gasteiger partial charge in [0.2, 0.25) is 0 Å². The summed E-state index contributed by atoms with van der Waals surface area (Å²) in [5.74, 6) is 0.578. The van der Waals surface area contributed by atoms with Crippen molar-refractivity contribution in [2.24, 2.45) is 7.05 Å². The molecule has 0 aliphatic heterocycles. The van der Waals surface area contributed by atoms with Crippen molar-refractivity contribution in [3.05, 3.63) is 64.2 Å². The van der Waals surface area contributed by atoms with Crippen LogP contribution in [-0.2, 0) is 18.4 Å². The number of esters is 1. The van der Waals surface area contributed by atoms with Crippen molar-refractivity contribution in [1.29, 1.82) is 0 Å². The number of ether oxygens (including phenoxy) is 2. The maximum absolute atomic E-state index is 12.0. The van der Waals surface area contributed by atoms with Crippen LogP contribution in [0.4, 0.5) is 0 Å². The fourth-order valence-electron chi connectivity index (χ4n) is 2.12. The largest absolute Gasteiger partial charge is 0.497 e. The molecule has 0 bridgehead atoms. The number of carbonyl (C=O) groups is 1. The Labute approximate surface area is 142 Å². The third kappa shape index (κ3) is 3.74. The molecule has 3 aromatic rings. The van der Waals surface area contributed by atoms with Gasteiger partial charge in [-0.3, -0.25) is 4.79 Å². The Hall–Kier alpha value is -3.42. The maximum atomic E-state index is 12.0. The summed E-state index contributed by atoms with van der Waals surface area (Å²) in [6, 6.07) is 11.6. The van der Waals surface area contributed by atoms with Gasteiger partial charge in [0.15, 0.2) is 11.5 Å². The molecule has 0 unspecified atom stereocenters. The first-order valence-electron chi connectivity index (χ1n) is 7.38. The zero-order valence-corrected chi connectivity index (χ0v) is 13.6. The predicted octanol–water partition coefficient (Wildman–Crippen LogP) is 1.80. The molecule has 0 atom stereocenters. The summed E-state index contributed by atoms with van der Waals surface area (Å²) < 4.78 is 16.6. The summed E-state index contributed by atoms with van der Waals surface area (Å²) in [6.07, 6.45) is 0. The van der Waals surface area contributed by atoms with Gasteiger partial charge < -0.3 is 14.0 Å². The summed E-state index contributed by atoms with van der Waals surface area (Å²) in [6.45, 7) is -0.0726. The highest BCUT2D eigenvalue weighted by molar-refractivity contribution is 5.86. The molecule has 1 aromatic carbocycles. The van der Waals surface area contributed by atoms with Crippen LogP contribution in [0.1, 0.15) is 16.2 Å². The predicted molar refractivity (Wildman–Crippen MR) is 87.1 cm³/mol. The van der Waals surface area contributed by atoms with Crippen molar-refractivity contribution >= 4 is 5.97 Å². The van der Waals surface area contributed by atoms with Crippen LogP contribution >= 0.6 is 0 Å². The van der Waals surface area contributed by atoms with Gasteiger partial charge in [-0.15, -0.1) is 0 Å². The molecule has 0 fully saturated rings. The SMILES string of the molecule is COc1cccc(-c2cc(COC(=O)c3ccc(=O)n(C)n3)no2)c1. The molecule has 8 nitrogen and oxygen atoms in total. The lowest BCUT2D eigenvalue weighted by Gasteiger charge is -2.02. The third-order valence-electron chi connectivity index (χ3n) is 3.43. The van der Waals surface area contributed by atoms with Crippen LogP contribution in [0.15, 0.2) is 51.8 Å². The quantitative estimate of drug-likeness (QED) is 0.653. The molecule has 0 spiro atoms. The minimum Gasteiger partial charge on any atom is -0.497 e. The van der Waals surface area contributed by atoms with Crippen LogP contribution < -0.4 is 10.3 Å². The number of carbonyl (C=O) groups excluding carboxylic acids is 1. The fraction of sp³-hybridized carbons (Fsp3) is 0.176. The highest BCUT2D eigenvalue weighted by Gasteiger charge is 2.13. The molecule has 8 heteroatoms. The lowest BCUT2D eigenvalue weighted by atomic mass is 10.1. The summed E-state index contributed by atoms with van der Waals surface area (Å²) >= 11 is 0. The minimum absolute atomic E-state index is 0.0404. The number of methoxy groups -OCH3 is 1. The first-order valence-corrected chi connectivity index (χ1v) is 7.38. The third-order valence-corrected chi connectivity index (χ3v) is 3.43. The zero-order chi connectivity index (χ0) is 17.8. The van der Waals surface area contributed by atoms with Crippen LogP contribution in [-0.4, -0.2) is 28.0 Å². The zero-order valence-electron chi connectivity index (χ0n) is 13.6. The molecular weight excluding hydrogens is 326 g/mol. The molecule has 0 saturated heterocycles. The van der Waals surface area contributed by atoms with Crippen molar-refractivity contribution < 1.29 is 18.8 Å². The summed E-state index contributed by atoms with van der Waals surface area (Å²) in [7, 11) is 3.04. The van der Waals surface area contributed by atoms with Crippen molar-refractivity contribution in [3.8, 4) is 17.1 Å². The van der Waals surface area contributed by atoms with E-state index in [2.05, 4.69) is 10.3 Å². The highest BCUT2D eigenvalue weighted by atomic mass is 16.5. The fourth-order valence-corrected chi connectivity index (χ4v) is 2.12. The van der Waals surface area contributed by atoms with Gasteiger partial charge in [0.25, 0.3) is 5.56 Å². The second-order valence-electron chi connectivity index (χ2n) is 5.17. The van der Waals surface area contributed by atoms with E-state index in [0.29, 0.717) is 17.2 Å². The maximum Gasteiger partial charge on any atom is 0.359 e. The molecule has 3 rings (SSSR count). The van der Waals surface area contributed by atoms with Gasteiger partial charge >= 0.3 is 5.97 Å². The molecule has 0 aliphatic rings. The van der Waals surface area contributed by atoms with Gasteiger partial charge in [-0.2, -0.15) is 5.10 Å². The topological polar surface area (TPSA) is 96.5 Å². The lowest BCUT2D eigenvalue weighted by Crippen LogP contribution is -2.21. The van der Waals surface area contributed by atoms with Crippen molar-refractivity contribution in [1.82, 2.24) is 14.9 Å². The van der Waals surface area contributed by atoms with E-state index < -0.39 is 5.97 Å². The van der Waals surface area contributed by atoms with Crippen LogP contribution in [0.2, 0.25) is 0 Å². The van der Waals surface area contributed by atoms with E-state index in [1.54, 1.807) is 13.2 Å². The van der Waals surface area contributed by atoms with Gasteiger partial charge in [-0.25, -0.2) is 9.48 Å². The number of hydrogen-bond donors (Lipinski definition) is 0. The van der Waals surface area contributed by atoms with E-state index in [1.807, 2.05) is 24.3 Å². The Kier molecular flexibility index (Phi) is 4.60. The molecule has 0 N–H and O–H groups in total. The monoisotopic (exact) mass is 341 g/mol. The smallest absolute Gasteiger partial charge is 0.359 e. The van der Waals surface area contributed by atoms with E-state index >= 15 is 0 Å². The van der Waals surface area contributed by atoms with Gasteiger partial charge in [0.05, 0.1) is 7.11 Å². The van der Waals surface area contributed by atoms with Crippen molar-refractivity contribution in [2.75, 3.05) is 7.11 Å². The van der Waals surface area contributed by atoms with Gasteiger partial charge in [0.1, 0.15) is 18.1 Å². The van der Waals surface area contributed by atoms with Crippen LogP contribution in [0.5, 0.6) is 5.75 Å². The number of aryl methyl sites for hydroxylation is 1. The second-order valence-corrected chi connectivity index (χ2v) is 5.17. The average Bonchev–Trinajstić information content (AvgIpc) is 3.11. The Bertz CT molecular complexity index is 961. The Morgan fingerprint density at radius 1 is 1.24 bits per heavy atom. The number of hydrogen-bond acceptors (Lipinski definition) is 7. The van der Waals surface area contributed by atoms with E-state index in [1.165, 1.54) is 19.2 Å². The molecule has 128 valence electrons. The normalized spacial score (nSPS) is 10.5. The number of benzene rings is 1. The van der Waals surface area contributed by atoms with Crippen molar-refractivity contribution in [3.63, 3.8) is 0 Å². The molecule has 25 heavy (non-hydrogen) atoms. The molecule has 0 amide bonds. The van der Waals surface area contributed by atoms with Crippen LogP contribution in [0.3, 0.4) is 0 Å². The molecule has 0 saturated carbocycles. The van der Waals surface area contributed by atoms with Gasteiger partial charge in [0, 0.05) is 24.7 Å². The van der Waals surface area contributed by atoms with Crippen molar-refractivity contribution in [2.45, 2.75) is 6.61 Å². The number of nitrogens with zero attached hydrogens (tertiary/aromatic N) is 3. The number of rotatable bonds is 5. The minimum atomic E-state index is -0.651. The lowest BCUT2D eigenvalue weighted by molar-refractivity contribution is 0.0454. The van der Waals surface area contributed by atoms with Gasteiger partial charge in [-0.05, 0) is 18.2 Å². The summed E-state index contributed by atoms with van der Waals surface area (Å²) in [5.41, 5.74) is 0.981.